The second kappa shape index (κ2) is 8.81. The van der Waals surface area contributed by atoms with E-state index in [1.165, 1.54) is 31.3 Å². The highest BCUT2D eigenvalue weighted by Crippen LogP contribution is 2.20. The summed E-state index contributed by atoms with van der Waals surface area (Å²) in [5.41, 5.74) is 3.02. The number of aryl methyl sites for hydroxylation is 1. The molecule has 0 spiro atoms. The van der Waals surface area contributed by atoms with Gasteiger partial charge in [0.15, 0.2) is 0 Å². The van der Waals surface area contributed by atoms with Crippen molar-refractivity contribution in [2.45, 2.75) is 45.6 Å². The monoisotopic (exact) mass is 356 g/mol. The van der Waals surface area contributed by atoms with E-state index >= 15 is 0 Å². The molecule has 0 fully saturated rings. The molecule has 0 aliphatic heterocycles. The van der Waals surface area contributed by atoms with Crippen molar-refractivity contribution < 1.29 is 9.53 Å². The third-order valence-corrected chi connectivity index (χ3v) is 5.09. The van der Waals surface area contributed by atoms with Crippen LogP contribution in [0.2, 0.25) is 0 Å². The summed E-state index contributed by atoms with van der Waals surface area (Å²) >= 11 is 1.61. The van der Waals surface area contributed by atoms with Crippen LogP contribution in [0.15, 0.2) is 41.3 Å². The SMILES string of the molecule is Cc1nc(COc2cccc(C(=O)NCCC3=CCCCC3)c2)cs1. The van der Waals surface area contributed by atoms with Crippen molar-refractivity contribution >= 4 is 17.2 Å². The van der Waals surface area contributed by atoms with Crippen molar-refractivity contribution in [2.24, 2.45) is 0 Å². The zero-order valence-electron chi connectivity index (χ0n) is 14.6. The topological polar surface area (TPSA) is 51.2 Å². The fourth-order valence-electron chi connectivity index (χ4n) is 2.93. The van der Waals surface area contributed by atoms with Gasteiger partial charge in [-0.15, -0.1) is 11.3 Å². The second-order valence-corrected chi connectivity index (χ2v) is 7.35. The van der Waals surface area contributed by atoms with Crippen molar-refractivity contribution in [1.82, 2.24) is 10.3 Å². The van der Waals surface area contributed by atoms with Crippen molar-refractivity contribution in [3.05, 3.63) is 57.6 Å². The Hall–Kier alpha value is -2.14. The third kappa shape index (κ3) is 5.43. The largest absolute Gasteiger partial charge is 0.487 e. The Balaban J connectivity index is 1.49. The smallest absolute Gasteiger partial charge is 0.251 e. The fraction of sp³-hybridized carbons (Fsp3) is 0.400. The Labute approximate surface area is 152 Å². The van der Waals surface area contributed by atoms with Gasteiger partial charge in [0.05, 0.1) is 10.7 Å². The van der Waals surface area contributed by atoms with E-state index < -0.39 is 0 Å². The number of amides is 1. The van der Waals surface area contributed by atoms with Gasteiger partial charge in [0, 0.05) is 17.5 Å². The minimum atomic E-state index is -0.0497. The molecule has 132 valence electrons. The summed E-state index contributed by atoms with van der Waals surface area (Å²) in [6.07, 6.45) is 8.20. The Morgan fingerprint density at radius 1 is 1.36 bits per heavy atom. The van der Waals surface area contributed by atoms with Gasteiger partial charge < -0.3 is 10.1 Å². The molecule has 2 aromatic rings. The molecule has 5 heteroatoms. The summed E-state index contributed by atoms with van der Waals surface area (Å²) in [5.74, 6) is 0.639. The van der Waals surface area contributed by atoms with Gasteiger partial charge in [0.25, 0.3) is 5.91 Å². The van der Waals surface area contributed by atoms with Gasteiger partial charge in [-0.1, -0.05) is 17.7 Å². The van der Waals surface area contributed by atoms with Crippen LogP contribution in [0.25, 0.3) is 0 Å². The number of nitrogens with one attached hydrogen (secondary N) is 1. The van der Waals surface area contributed by atoms with E-state index in [0.717, 1.165) is 17.1 Å². The lowest BCUT2D eigenvalue weighted by Crippen LogP contribution is -2.24. The first-order valence-electron chi connectivity index (χ1n) is 8.81. The van der Waals surface area contributed by atoms with Crippen LogP contribution in [0.4, 0.5) is 0 Å². The first-order valence-corrected chi connectivity index (χ1v) is 9.68. The molecule has 1 aromatic heterocycles. The molecule has 1 aliphatic carbocycles. The van der Waals surface area contributed by atoms with E-state index in [4.69, 9.17) is 4.74 Å². The van der Waals surface area contributed by atoms with Crippen molar-refractivity contribution in [3.8, 4) is 5.75 Å². The summed E-state index contributed by atoms with van der Waals surface area (Å²) in [5, 5.41) is 6.02. The van der Waals surface area contributed by atoms with Crippen LogP contribution in [0.3, 0.4) is 0 Å². The van der Waals surface area contributed by atoms with Crippen LogP contribution in [-0.4, -0.2) is 17.4 Å². The molecule has 1 amide bonds. The molecule has 0 bridgehead atoms. The van der Waals surface area contributed by atoms with Gasteiger partial charge in [-0.25, -0.2) is 4.98 Å². The molecular formula is C20H24N2O2S. The molecular weight excluding hydrogens is 332 g/mol. The second-order valence-electron chi connectivity index (χ2n) is 6.29. The molecule has 1 heterocycles. The van der Waals surface area contributed by atoms with E-state index in [1.54, 1.807) is 17.4 Å². The first-order chi connectivity index (χ1) is 12.2. The minimum Gasteiger partial charge on any atom is -0.487 e. The lowest BCUT2D eigenvalue weighted by molar-refractivity contribution is 0.0953. The number of carbonyl (C=O) groups is 1. The lowest BCUT2D eigenvalue weighted by Gasteiger charge is -2.13. The Kier molecular flexibility index (Phi) is 6.23. The number of rotatable bonds is 7. The van der Waals surface area contributed by atoms with Crippen LogP contribution in [0, 0.1) is 6.92 Å². The van der Waals surface area contributed by atoms with Gasteiger partial charge in [0.2, 0.25) is 0 Å². The molecule has 3 rings (SSSR count). The van der Waals surface area contributed by atoms with Crippen molar-refractivity contribution in [3.63, 3.8) is 0 Å². The number of hydrogen-bond donors (Lipinski definition) is 1. The van der Waals surface area contributed by atoms with Gasteiger partial charge >= 0.3 is 0 Å². The summed E-state index contributed by atoms with van der Waals surface area (Å²) in [6, 6.07) is 7.31. The summed E-state index contributed by atoms with van der Waals surface area (Å²) in [6.45, 7) is 3.08. The number of nitrogens with zero attached hydrogens (tertiary/aromatic N) is 1. The highest BCUT2D eigenvalue weighted by atomic mass is 32.1. The third-order valence-electron chi connectivity index (χ3n) is 4.27. The van der Waals surface area contributed by atoms with Gasteiger partial charge in [-0.2, -0.15) is 0 Å². The number of aromatic nitrogens is 1. The molecule has 0 unspecified atom stereocenters. The number of ether oxygens (including phenoxy) is 1. The molecule has 0 radical (unpaired) electrons. The van der Waals surface area contributed by atoms with Crippen molar-refractivity contribution in [2.75, 3.05) is 6.54 Å². The van der Waals surface area contributed by atoms with Gasteiger partial charge in [-0.05, 0) is 57.2 Å². The predicted molar refractivity (Wildman–Crippen MR) is 101 cm³/mol. The van der Waals surface area contributed by atoms with E-state index in [0.29, 0.717) is 24.5 Å². The molecule has 0 saturated carbocycles. The van der Waals surface area contributed by atoms with Gasteiger partial charge in [0.1, 0.15) is 12.4 Å². The van der Waals surface area contributed by atoms with Crippen LogP contribution in [0.1, 0.15) is 53.2 Å². The maximum Gasteiger partial charge on any atom is 0.251 e. The number of carbonyl (C=O) groups excluding carboxylic acids is 1. The molecule has 1 N–H and O–H groups in total. The standard InChI is InChI=1S/C20H24N2O2S/c1-15-22-18(14-25-15)13-24-19-9-5-8-17(12-19)20(23)21-11-10-16-6-3-2-4-7-16/h5-6,8-9,12,14H,2-4,7,10-11,13H2,1H3,(H,21,23). The Bertz CT molecular complexity index is 752. The Morgan fingerprint density at radius 2 is 2.28 bits per heavy atom. The summed E-state index contributed by atoms with van der Waals surface area (Å²) < 4.78 is 5.75. The number of thiazole rings is 1. The molecule has 0 atom stereocenters. The van der Waals surface area contributed by atoms with E-state index in [9.17, 15) is 4.79 Å². The van der Waals surface area contributed by atoms with Crippen molar-refractivity contribution in [1.29, 1.82) is 0 Å². The van der Waals surface area contributed by atoms with E-state index in [1.807, 2.05) is 30.5 Å². The lowest BCUT2D eigenvalue weighted by atomic mass is 9.97. The molecule has 4 nitrogen and oxygen atoms in total. The maximum absolute atomic E-state index is 12.3. The average Bonchev–Trinajstić information content (AvgIpc) is 3.06. The number of hydrogen-bond acceptors (Lipinski definition) is 4. The van der Waals surface area contributed by atoms with Crippen LogP contribution in [-0.2, 0) is 6.61 Å². The normalized spacial score (nSPS) is 14.0. The van der Waals surface area contributed by atoms with Crippen LogP contribution in [0.5, 0.6) is 5.75 Å². The number of benzene rings is 1. The van der Waals surface area contributed by atoms with E-state index in [-0.39, 0.29) is 5.91 Å². The molecule has 25 heavy (non-hydrogen) atoms. The zero-order chi connectivity index (χ0) is 17.5. The first kappa shape index (κ1) is 17.7. The summed E-state index contributed by atoms with van der Waals surface area (Å²) in [4.78, 5) is 16.7. The fourth-order valence-corrected chi connectivity index (χ4v) is 3.53. The molecule has 1 aromatic carbocycles. The molecule has 0 saturated heterocycles. The predicted octanol–water partition coefficient (Wildman–Crippen LogP) is 4.65. The zero-order valence-corrected chi connectivity index (χ0v) is 15.4. The summed E-state index contributed by atoms with van der Waals surface area (Å²) in [7, 11) is 0. The highest BCUT2D eigenvalue weighted by molar-refractivity contribution is 7.09. The van der Waals surface area contributed by atoms with Crippen LogP contribution >= 0.6 is 11.3 Å². The highest BCUT2D eigenvalue weighted by Gasteiger charge is 2.08. The van der Waals surface area contributed by atoms with Crippen LogP contribution < -0.4 is 10.1 Å². The Morgan fingerprint density at radius 3 is 3.04 bits per heavy atom. The average molecular weight is 356 g/mol. The maximum atomic E-state index is 12.3. The van der Waals surface area contributed by atoms with Gasteiger partial charge in [-0.3, -0.25) is 4.79 Å². The molecule has 1 aliphatic rings. The quantitative estimate of drug-likeness (QED) is 0.735. The number of allylic oxidation sites excluding steroid dienone is 1. The minimum absolute atomic E-state index is 0.0497. The van der Waals surface area contributed by atoms with E-state index in [2.05, 4.69) is 16.4 Å².